The van der Waals surface area contributed by atoms with Crippen molar-refractivity contribution >= 4 is 23.3 Å². The first-order valence-corrected chi connectivity index (χ1v) is 7.72. The third kappa shape index (κ3) is 3.38. The van der Waals surface area contributed by atoms with Crippen molar-refractivity contribution in [1.82, 2.24) is 0 Å². The summed E-state index contributed by atoms with van der Waals surface area (Å²) >= 11 is 0. The summed E-state index contributed by atoms with van der Waals surface area (Å²) < 4.78 is 5.36. The molecule has 22 heavy (non-hydrogen) atoms. The lowest BCUT2D eigenvalue weighted by Gasteiger charge is -2.23. The van der Waals surface area contributed by atoms with E-state index in [1.807, 2.05) is 24.3 Å². The highest BCUT2D eigenvalue weighted by molar-refractivity contribution is 6.39. The molecule has 0 radical (unpaired) electrons. The zero-order chi connectivity index (χ0) is 16.3. The van der Waals surface area contributed by atoms with Gasteiger partial charge in [-0.25, -0.2) is 9.69 Å². The molecule has 0 aromatic heterocycles. The monoisotopic (exact) mass is 301 g/mol. The number of fused-ring (bicyclic) bond motifs is 1. The summed E-state index contributed by atoms with van der Waals surface area (Å²) in [4.78, 5) is 26.1. The summed E-state index contributed by atoms with van der Waals surface area (Å²) in [5.41, 5.74) is 1.36. The van der Waals surface area contributed by atoms with Crippen LogP contribution in [0.1, 0.15) is 52.5 Å². The van der Waals surface area contributed by atoms with Crippen LogP contribution >= 0.6 is 0 Å². The molecule has 1 aromatic carbocycles. The maximum Gasteiger partial charge on any atom is 0.422 e. The van der Waals surface area contributed by atoms with E-state index in [-0.39, 0.29) is 5.91 Å². The Morgan fingerprint density at radius 3 is 2.59 bits per heavy atom. The van der Waals surface area contributed by atoms with Crippen LogP contribution in [0.4, 0.5) is 10.5 Å². The molecule has 1 aromatic rings. The number of ether oxygens (including phenoxy) is 1. The second kappa shape index (κ2) is 6.34. The molecule has 0 N–H and O–H groups in total. The quantitative estimate of drug-likeness (QED) is 0.608. The van der Waals surface area contributed by atoms with Gasteiger partial charge < -0.3 is 4.74 Å². The van der Waals surface area contributed by atoms with Crippen molar-refractivity contribution in [2.24, 2.45) is 0 Å². The van der Waals surface area contributed by atoms with E-state index in [4.69, 9.17) is 4.74 Å². The van der Waals surface area contributed by atoms with E-state index in [2.05, 4.69) is 6.92 Å². The summed E-state index contributed by atoms with van der Waals surface area (Å²) in [7, 11) is 0. The molecule has 4 heteroatoms. The molecule has 0 saturated carbocycles. The molecule has 0 atom stereocenters. The minimum atomic E-state index is -0.638. The van der Waals surface area contributed by atoms with Gasteiger partial charge in [-0.05, 0) is 33.3 Å². The fraction of sp³-hybridized carbons (Fsp3) is 0.444. The first-order valence-electron chi connectivity index (χ1n) is 7.72. The highest BCUT2D eigenvalue weighted by Crippen LogP contribution is 2.37. The van der Waals surface area contributed by atoms with Gasteiger partial charge in [0.2, 0.25) is 0 Å². The second-order valence-electron chi connectivity index (χ2n) is 6.40. The molecule has 0 unspecified atom stereocenters. The van der Waals surface area contributed by atoms with Crippen LogP contribution in [0.25, 0.3) is 5.57 Å². The highest BCUT2D eigenvalue weighted by Gasteiger charge is 2.38. The second-order valence-corrected chi connectivity index (χ2v) is 6.40. The van der Waals surface area contributed by atoms with Crippen molar-refractivity contribution in [3.8, 4) is 0 Å². The van der Waals surface area contributed by atoms with Crippen molar-refractivity contribution in [2.45, 2.75) is 52.6 Å². The average Bonchev–Trinajstić information content (AvgIpc) is 2.70. The Hall–Kier alpha value is -2.10. The van der Waals surface area contributed by atoms with Crippen LogP contribution in [-0.2, 0) is 9.53 Å². The lowest BCUT2D eigenvalue weighted by atomic mass is 10.1. The molecule has 2 amide bonds. The Kier molecular flexibility index (Phi) is 4.69. The minimum Gasteiger partial charge on any atom is -0.443 e. The predicted molar refractivity (Wildman–Crippen MR) is 87.7 cm³/mol. The molecule has 0 aliphatic carbocycles. The molecule has 0 spiro atoms. The number of rotatable bonds is 3. The van der Waals surface area contributed by atoms with Gasteiger partial charge in [-0.1, -0.05) is 44.0 Å². The number of nitrogens with zero attached hydrogens (tertiary/aromatic N) is 1. The lowest BCUT2D eigenvalue weighted by molar-refractivity contribution is -0.112. The molecule has 4 nitrogen and oxygen atoms in total. The lowest BCUT2D eigenvalue weighted by Crippen LogP contribution is -2.38. The zero-order valence-corrected chi connectivity index (χ0v) is 13.7. The van der Waals surface area contributed by atoms with Crippen LogP contribution < -0.4 is 4.90 Å². The minimum absolute atomic E-state index is 0.299. The van der Waals surface area contributed by atoms with E-state index < -0.39 is 11.7 Å². The molecular formula is C18H23NO3. The molecule has 1 heterocycles. The SMILES string of the molecule is CCCC/C=C1/C(=O)N(C(=O)OC(C)(C)C)c2ccccc21. The molecule has 0 fully saturated rings. The maximum absolute atomic E-state index is 12.6. The number of para-hydroxylation sites is 1. The first kappa shape index (κ1) is 16.3. The number of hydrogen-bond donors (Lipinski definition) is 0. The van der Waals surface area contributed by atoms with Crippen LogP contribution in [0.15, 0.2) is 30.3 Å². The first-order chi connectivity index (χ1) is 10.3. The third-order valence-corrected chi connectivity index (χ3v) is 3.35. The molecule has 2 rings (SSSR count). The Bertz CT molecular complexity index is 611. The molecule has 118 valence electrons. The molecule has 0 bridgehead atoms. The maximum atomic E-state index is 12.6. The van der Waals surface area contributed by atoms with Gasteiger partial charge in [0.25, 0.3) is 5.91 Å². The van der Waals surface area contributed by atoms with Crippen LogP contribution in [-0.4, -0.2) is 17.6 Å². The van der Waals surface area contributed by atoms with Crippen LogP contribution in [0.2, 0.25) is 0 Å². The van der Waals surface area contributed by atoms with Crippen molar-refractivity contribution in [3.63, 3.8) is 0 Å². The van der Waals surface area contributed by atoms with Gasteiger partial charge in [-0.15, -0.1) is 0 Å². The Morgan fingerprint density at radius 1 is 1.27 bits per heavy atom. The summed E-state index contributed by atoms with van der Waals surface area (Å²) in [6.45, 7) is 7.47. The number of hydrogen-bond acceptors (Lipinski definition) is 3. The fourth-order valence-corrected chi connectivity index (χ4v) is 2.38. The number of amides is 2. The third-order valence-electron chi connectivity index (χ3n) is 3.35. The van der Waals surface area contributed by atoms with Crippen LogP contribution in [0, 0.1) is 0 Å². The fourth-order valence-electron chi connectivity index (χ4n) is 2.38. The van der Waals surface area contributed by atoms with Gasteiger partial charge in [0.15, 0.2) is 0 Å². The topological polar surface area (TPSA) is 46.6 Å². The summed E-state index contributed by atoms with van der Waals surface area (Å²) in [6, 6.07) is 7.34. The predicted octanol–water partition coefficient (Wildman–Crippen LogP) is 4.54. The van der Waals surface area contributed by atoms with Crippen LogP contribution in [0.3, 0.4) is 0 Å². The van der Waals surface area contributed by atoms with E-state index >= 15 is 0 Å². The summed E-state index contributed by atoms with van der Waals surface area (Å²) in [6.07, 6.45) is 4.22. The van der Waals surface area contributed by atoms with Crippen molar-refractivity contribution in [3.05, 3.63) is 35.9 Å². The van der Waals surface area contributed by atoms with Gasteiger partial charge in [-0.3, -0.25) is 4.79 Å². The van der Waals surface area contributed by atoms with Gasteiger partial charge in [-0.2, -0.15) is 0 Å². The number of anilines is 1. The zero-order valence-electron chi connectivity index (χ0n) is 13.7. The Labute approximate surface area is 131 Å². The van der Waals surface area contributed by atoms with E-state index in [1.165, 1.54) is 0 Å². The van der Waals surface area contributed by atoms with Gasteiger partial charge in [0.05, 0.1) is 5.69 Å². The number of benzene rings is 1. The van der Waals surface area contributed by atoms with E-state index in [0.29, 0.717) is 11.3 Å². The van der Waals surface area contributed by atoms with Gasteiger partial charge in [0, 0.05) is 11.1 Å². The normalized spacial score (nSPS) is 16.1. The van der Waals surface area contributed by atoms with E-state index in [9.17, 15) is 9.59 Å². The molecule has 1 aliphatic rings. The smallest absolute Gasteiger partial charge is 0.422 e. The van der Waals surface area contributed by atoms with E-state index in [0.717, 1.165) is 29.7 Å². The number of allylic oxidation sites excluding steroid dienone is 1. The van der Waals surface area contributed by atoms with Crippen LogP contribution in [0.5, 0.6) is 0 Å². The largest absolute Gasteiger partial charge is 0.443 e. The number of imide groups is 1. The molecule has 0 saturated heterocycles. The molecule has 1 aliphatic heterocycles. The van der Waals surface area contributed by atoms with Gasteiger partial charge >= 0.3 is 6.09 Å². The molecular weight excluding hydrogens is 278 g/mol. The Morgan fingerprint density at radius 2 is 1.95 bits per heavy atom. The highest BCUT2D eigenvalue weighted by atomic mass is 16.6. The number of carbonyl (C=O) groups excluding carboxylic acids is 2. The Balaban J connectivity index is 2.35. The summed E-state index contributed by atoms with van der Waals surface area (Å²) in [5.74, 6) is -0.299. The number of unbranched alkanes of at least 4 members (excludes halogenated alkanes) is 2. The van der Waals surface area contributed by atoms with Gasteiger partial charge in [0.1, 0.15) is 5.60 Å². The van der Waals surface area contributed by atoms with Crippen molar-refractivity contribution in [2.75, 3.05) is 4.90 Å². The van der Waals surface area contributed by atoms with Crippen molar-refractivity contribution in [1.29, 1.82) is 0 Å². The number of carbonyl (C=O) groups is 2. The standard InChI is InChI=1S/C18H23NO3/c1-5-6-7-11-14-13-10-8-9-12-15(13)19(16(14)20)17(21)22-18(2,3)4/h8-12H,5-7H2,1-4H3/b14-11+. The average molecular weight is 301 g/mol. The van der Waals surface area contributed by atoms with Crippen molar-refractivity contribution < 1.29 is 14.3 Å². The summed E-state index contributed by atoms with van der Waals surface area (Å²) in [5, 5.41) is 0. The van der Waals surface area contributed by atoms with E-state index in [1.54, 1.807) is 26.8 Å².